The SMILES string of the molecule is O=C(NC[C@H]1CC(=O)N(C2CC2)C1)c1cccc(Cn2cccn2)c1. The van der Waals surface area contributed by atoms with Crippen LogP contribution in [0.4, 0.5) is 0 Å². The molecule has 2 heterocycles. The maximum Gasteiger partial charge on any atom is 0.251 e. The number of hydrogen-bond acceptors (Lipinski definition) is 3. The molecule has 1 saturated carbocycles. The van der Waals surface area contributed by atoms with E-state index in [0.717, 1.165) is 24.9 Å². The lowest BCUT2D eigenvalue weighted by Gasteiger charge is -2.15. The number of rotatable bonds is 6. The first-order valence-electron chi connectivity index (χ1n) is 8.83. The number of carbonyl (C=O) groups excluding carboxylic acids is 2. The van der Waals surface area contributed by atoms with Crippen LogP contribution in [-0.2, 0) is 11.3 Å². The van der Waals surface area contributed by atoms with Gasteiger partial charge in [-0.1, -0.05) is 12.1 Å². The summed E-state index contributed by atoms with van der Waals surface area (Å²) in [5.74, 6) is 0.381. The fourth-order valence-corrected chi connectivity index (χ4v) is 3.42. The van der Waals surface area contributed by atoms with Crippen molar-refractivity contribution in [2.24, 2.45) is 5.92 Å². The summed E-state index contributed by atoms with van der Waals surface area (Å²) in [6.45, 7) is 1.97. The lowest BCUT2D eigenvalue weighted by molar-refractivity contribution is -0.128. The van der Waals surface area contributed by atoms with Crippen molar-refractivity contribution in [3.05, 3.63) is 53.9 Å². The Kier molecular flexibility index (Phi) is 4.26. The van der Waals surface area contributed by atoms with Gasteiger partial charge in [0.2, 0.25) is 5.91 Å². The van der Waals surface area contributed by atoms with E-state index in [1.807, 2.05) is 46.1 Å². The molecule has 130 valence electrons. The molecule has 25 heavy (non-hydrogen) atoms. The van der Waals surface area contributed by atoms with Crippen molar-refractivity contribution in [1.29, 1.82) is 0 Å². The van der Waals surface area contributed by atoms with Crippen molar-refractivity contribution < 1.29 is 9.59 Å². The zero-order valence-electron chi connectivity index (χ0n) is 14.1. The maximum atomic E-state index is 12.4. The molecule has 6 nitrogen and oxygen atoms in total. The Morgan fingerprint density at radius 3 is 2.92 bits per heavy atom. The number of amides is 2. The highest BCUT2D eigenvalue weighted by molar-refractivity contribution is 5.94. The number of benzene rings is 1. The van der Waals surface area contributed by atoms with Crippen molar-refractivity contribution in [2.45, 2.75) is 31.8 Å². The van der Waals surface area contributed by atoms with Gasteiger partial charge in [-0.25, -0.2) is 0 Å². The van der Waals surface area contributed by atoms with Crippen LogP contribution in [0.25, 0.3) is 0 Å². The number of hydrogen-bond donors (Lipinski definition) is 1. The average Bonchev–Trinajstić information content (AvgIpc) is 3.20. The molecule has 2 amide bonds. The first-order valence-corrected chi connectivity index (χ1v) is 8.83. The first kappa shape index (κ1) is 15.9. The molecule has 4 rings (SSSR count). The van der Waals surface area contributed by atoms with Crippen molar-refractivity contribution in [3.8, 4) is 0 Å². The molecule has 2 aromatic rings. The monoisotopic (exact) mass is 338 g/mol. The second-order valence-electron chi connectivity index (χ2n) is 6.96. The summed E-state index contributed by atoms with van der Waals surface area (Å²) < 4.78 is 1.83. The highest BCUT2D eigenvalue weighted by atomic mass is 16.2. The van der Waals surface area contributed by atoms with Crippen molar-refractivity contribution >= 4 is 11.8 Å². The predicted octanol–water partition coefficient (Wildman–Crippen LogP) is 1.67. The Bertz CT molecular complexity index is 767. The third-order valence-corrected chi connectivity index (χ3v) is 4.87. The second-order valence-corrected chi connectivity index (χ2v) is 6.96. The number of carbonyl (C=O) groups is 2. The van der Waals surface area contributed by atoms with Crippen LogP contribution in [-0.4, -0.2) is 45.6 Å². The molecule has 2 fully saturated rings. The van der Waals surface area contributed by atoms with Gasteiger partial charge in [0, 0.05) is 49.4 Å². The van der Waals surface area contributed by atoms with E-state index < -0.39 is 0 Å². The average molecular weight is 338 g/mol. The number of nitrogens with one attached hydrogen (secondary N) is 1. The van der Waals surface area contributed by atoms with Gasteiger partial charge >= 0.3 is 0 Å². The van der Waals surface area contributed by atoms with Crippen molar-refractivity contribution in [2.75, 3.05) is 13.1 Å². The van der Waals surface area contributed by atoms with Crippen LogP contribution in [0.15, 0.2) is 42.7 Å². The lowest BCUT2D eigenvalue weighted by atomic mass is 10.1. The Morgan fingerprint density at radius 1 is 1.28 bits per heavy atom. The van der Waals surface area contributed by atoms with E-state index in [1.165, 1.54) is 0 Å². The van der Waals surface area contributed by atoms with Gasteiger partial charge in [0.15, 0.2) is 0 Å². The summed E-state index contributed by atoms with van der Waals surface area (Å²) in [5, 5.41) is 7.17. The molecule has 1 saturated heterocycles. The Hall–Kier alpha value is -2.63. The van der Waals surface area contributed by atoms with Crippen LogP contribution < -0.4 is 5.32 Å². The second kappa shape index (κ2) is 6.70. The zero-order chi connectivity index (χ0) is 17.2. The van der Waals surface area contributed by atoms with Gasteiger partial charge in [0.1, 0.15) is 0 Å². The van der Waals surface area contributed by atoms with E-state index in [2.05, 4.69) is 10.4 Å². The summed E-state index contributed by atoms with van der Waals surface area (Å²) in [4.78, 5) is 26.4. The zero-order valence-corrected chi connectivity index (χ0v) is 14.1. The van der Waals surface area contributed by atoms with E-state index in [4.69, 9.17) is 0 Å². The Labute approximate surface area is 146 Å². The van der Waals surface area contributed by atoms with Crippen molar-refractivity contribution in [1.82, 2.24) is 20.0 Å². The summed E-state index contributed by atoms with van der Waals surface area (Å²) in [6, 6.07) is 9.94. The van der Waals surface area contributed by atoms with Gasteiger partial charge in [-0.2, -0.15) is 5.10 Å². The largest absolute Gasteiger partial charge is 0.352 e. The summed E-state index contributed by atoms with van der Waals surface area (Å²) >= 11 is 0. The molecule has 1 N–H and O–H groups in total. The third-order valence-electron chi connectivity index (χ3n) is 4.87. The van der Waals surface area contributed by atoms with E-state index in [9.17, 15) is 9.59 Å². The Balaban J connectivity index is 1.32. The van der Waals surface area contributed by atoms with Crippen LogP contribution in [0, 0.1) is 5.92 Å². The number of aromatic nitrogens is 2. The normalized spacial score (nSPS) is 20.1. The van der Waals surface area contributed by atoms with E-state index in [0.29, 0.717) is 31.1 Å². The topological polar surface area (TPSA) is 67.2 Å². The molecule has 1 aliphatic heterocycles. The van der Waals surface area contributed by atoms with E-state index in [1.54, 1.807) is 6.20 Å². The molecule has 0 unspecified atom stereocenters. The van der Waals surface area contributed by atoms with E-state index >= 15 is 0 Å². The fourth-order valence-electron chi connectivity index (χ4n) is 3.42. The number of likely N-dealkylation sites (tertiary alicyclic amines) is 1. The summed E-state index contributed by atoms with van der Waals surface area (Å²) in [6.07, 6.45) is 6.46. The molecule has 0 spiro atoms. The van der Waals surface area contributed by atoms with Crippen LogP contribution in [0.2, 0.25) is 0 Å². The maximum absolute atomic E-state index is 12.4. The molecule has 6 heteroatoms. The van der Waals surface area contributed by atoms with Crippen molar-refractivity contribution in [3.63, 3.8) is 0 Å². The minimum Gasteiger partial charge on any atom is -0.352 e. The summed E-state index contributed by atoms with van der Waals surface area (Å²) in [7, 11) is 0. The van der Waals surface area contributed by atoms with Crippen LogP contribution >= 0.6 is 0 Å². The van der Waals surface area contributed by atoms with Crippen LogP contribution in [0.1, 0.15) is 35.2 Å². The van der Waals surface area contributed by atoms with Gasteiger partial charge in [0.05, 0.1) is 6.54 Å². The molecule has 1 aromatic heterocycles. The first-order chi connectivity index (χ1) is 12.2. The Morgan fingerprint density at radius 2 is 2.16 bits per heavy atom. The lowest BCUT2D eigenvalue weighted by Crippen LogP contribution is -2.32. The standard InChI is InChI=1S/C19H22N4O2/c24-18-10-15(13-23(18)17-5-6-17)11-20-19(25)16-4-1-3-14(9-16)12-22-8-2-7-21-22/h1-4,7-9,15,17H,5-6,10-13H2,(H,20,25)/t15-/m1/s1. The molecule has 0 radical (unpaired) electrons. The quantitative estimate of drug-likeness (QED) is 0.871. The van der Waals surface area contributed by atoms with Gasteiger partial charge in [0.25, 0.3) is 5.91 Å². The molecule has 2 aliphatic rings. The van der Waals surface area contributed by atoms with Gasteiger partial charge < -0.3 is 10.2 Å². The molecule has 1 atom stereocenters. The van der Waals surface area contributed by atoms with Gasteiger partial charge in [-0.3, -0.25) is 14.3 Å². The van der Waals surface area contributed by atoms with E-state index in [-0.39, 0.29) is 17.7 Å². The molecular formula is C19H22N4O2. The van der Waals surface area contributed by atoms with Crippen LogP contribution in [0.5, 0.6) is 0 Å². The molecule has 1 aromatic carbocycles. The number of nitrogens with zero attached hydrogens (tertiary/aromatic N) is 3. The molecular weight excluding hydrogens is 316 g/mol. The highest BCUT2D eigenvalue weighted by Crippen LogP contribution is 2.32. The van der Waals surface area contributed by atoms with Gasteiger partial charge in [-0.15, -0.1) is 0 Å². The van der Waals surface area contributed by atoms with Crippen LogP contribution in [0.3, 0.4) is 0 Å². The minimum absolute atomic E-state index is 0.0837. The predicted molar refractivity (Wildman–Crippen MR) is 92.9 cm³/mol. The highest BCUT2D eigenvalue weighted by Gasteiger charge is 2.39. The third kappa shape index (κ3) is 3.73. The molecule has 1 aliphatic carbocycles. The fraction of sp³-hybridized carbons (Fsp3) is 0.421. The summed E-state index contributed by atoms with van der Waals surface area (Å²) in [5.41, 5.74) is 1.68. The smallest absolute Gasteiger partial charge is 0.251 e. The van der Waals surface area contributed by atoms with Gasteiger partial charge in [-0.05, 0) is 36.6 Å². The molecule has 0 bridgehead atoms. The minimum atomic E-state index is -0.0837.